The molecule has 0 unspecified atom stereocenters. The third-order valence-electron chi connectivity index (χ3n) is 12.5. The van der Waals surface area contributed by atoms with Crippen LogP contribution in [0, 0.1) is 0 Å². The van der Waals surface area contributed by atoms with E-state index in [0.29, 0.717) is 0 Å². The van der Waals surface area contributed by atoms with Crippen molar-refractivity contribution in [1.82, 2.24) is 0 Å². The van der Waals surface area contributed by atoms with E-state index in [-0.39, 0.29) is 6.71 Å². The Balaban J connectivity index is 1.11. The smallest absolute Gasteiger partial charge is 0.252 e. The van der Waals surface area contributed by atoms with Crippen LogP contribution in [0.15, 0.2) is 224 Å². The molecule has 2 nitrogen and oxygen atoms in total. The van der Waals surface area contributed by atoms with Gasteiger partial charge in [-0.2, -0.15) is 0 Å². The van der Waals surface area contributed by atoms with Crippen LogP contribution < -0.4 is 26.2 Å². The maximum Gasteiger partial charge on any atom is 0.252 e. The lowest BCUT2D eigenvalue weighted by atomic mass is 9.33. The lowest BCUT2D eigenvalue weighted by molar-refractivity contribution is 1.16. The zero-order valence-electron chi connectivity index (χ0n) is 34.2. The van der Waals surface area contributed by atoms with Crippen molar-refractivity contribution < 1.29 is 0 Å². The number of rotatable bonds is 10. The maximum absolute atomic E-state index is 2.55. The molecule has 9 aromatic rings. The van der Waals surface area contributed by atoms with Gasteiger partial charge in [0.2, 0.25) is 0 Å². The van der Waals surface area contributed by atoms with E-state index in [4.69, 9.17) is 0 Å². The average molecular weight is 781 g/mol. The van der Waals surface area contributed by atoms with Gasteiger partial charge in [-0.25, -0.2) is 0 Å². The minimum atomic E-state index is 0.0558. The molecule has 61 heavy (non-hydrogen) atoms. The predicted molar refractivity (Wildman–Crippen MR) is 257 cm³/mol. The Hall–Kier alpha value is -7.36. The SMILES string of the molecule is c1ccc(Cc2cccc(N3c4cc(Cc5ccccc5)ccc4B4c5ccc(Cc6ccccc6)cc5N(c5cccc(Cc6ccccc6)c5)c5cccc3c54)c2)cc1. The summed E-state index contributed by atoms with van der Waals surface area (Å²) >= 11 is 0. The fourth-order valence-corrected chi connectivity index (χ4v) is 9.73. The van der Waals surface area contributed by atoms with Crippen LogP contribution in [-0.4, -0.2) is 6.71 Å². The van der Waals surface area contributed by atoms with Crippen LogP contribution in [0.5, 0.6) is 0 Å². The summed E-state index contributed by atoms with van der Waals surface area (Å²) in [7, 11) is 0. The molecule has 0 fully saturated rings. The average Bonchev–Trinajstić information content (AvgIpc) is 3.30. The highest BCUT2D eigenvalue weighted by Crippen LogP contribution is 2.44. The second-order valence-electron chi connectivity index (χ2n) is 16.6. The highest BCUT2D eigenvalue weighted by Gasteiger charge is 2.43. The molecule has 0 N–H and O–H groups in total. The van der Waals surface area contributed by atoms with Gasteiger partial charge < -0.3 is 9.80 Å². The van der Waals surface area contributed by atoms with Crippen molar-refractivity contribution in [2.24, 2.45) is 0 Å². The third-order valence-corrected chi connectivity index (χ3v) is 12.5. The monoisotopic (exact) mass is 780 g/mol. The summed E-state index contributed by atoms with van der Waals surface area (Å²) in [6, 6.07) is 83.2. The summed E-state index contributed by atoms with van der Waals surface area (Å²) in [5.41, 5.74) is 21.8. The topological polar surface area (TPSA) is 6.48 Å². The fraction of sp³-hybridized carbons (Fsp3) is 0.0690. The van der Waals surface area contributed by atoms with Crippen molar-refractivity contribution in [2.45, 2.75) is 25.7 Å². The Labute approximate surface area is 360 Å². The van der Waals surface area contributed by atoms with E-state index < -0.39 is 0 Å². The van der Waals surface area contributed by atoms with E-state index in [9.17, 15) is 0 Å². The van der Waals surface area contributed by atoms with Crippen LogP contribution >= 0.6 is 0 Å². The number of nitrogens with zero attached hydrogens (tertiary/aromatic N) is 2. The standard InChI is InChI=1S/C58H45BN2/c1-5-16-42(17-6-1)34-46-24-13-26-50(38-46)60-54-28-15-29-55-58(54)59(52-32-30-48(40-56(52)60)36-44-20-9-3-10-21-44)53-33-31-49(37-45-22-11-4-12-23-45)41-57(53)61(55)51-27-14-25-47(39-51)35-43-18-7-2-8-19-43/h1-33,38-41H,34-37H2. The van der Waals surface area contributed by atoms with Gasteiger partial charge in [-0.15, -0.1) is 0 Å². The van der Waals surface area contributed by atoms with Gasteiger partial charge in [-0.1, -0.05) is 176 Å². The molecule has 9 aromatic carbocycles. The first-order valence-corrected chi connectivity index (χ1v) is 21.5. The summed E-state index contributed by atoms with van der Waals surface area (Å²) in [5, 5.41) is 0. The number of hydrogen-bond donors (Lipinski definition) is 0. The lowest BCUT2D eigenvalue weighted by Gasteiger charge is -2.44. The van der Waals surface area contributed by atoms with Crippen LogP contribution in [-0.2, 0) is 25.7 Å². The zero-order chi connectivity index (χ0) is 40.5. The summed E-state index contributed by atoms with van der Waals surface area (Å²) in [6.07, 6.45) is 3.51. The Morgan fingerprint density at radius 1 is 0.262 bits per heavy atom. The van der Waals surface area contributed by atoms with Gasteiger partial charge >= 0.3 is 0 Å². The van der Waals surface area contributed by atoms with E-state index >= 15 is 0 Å². The molecule has 2 heterocycles. The van der Waals surface area contributed by atoms with Crippen molar-refractivity contribution in [1.29, 1.82) is 0 Å². The molecule has 0 atom stereocenters. The fourth-order valence-electron chi connectivity index (χ4n) is 9.73. The molecule has 0 saturated heterocycles. The largest absolute Gasteiger partial charge is 0.311 e. The van der Waals surface area contributed by atoms with Crippen molar-refractivity contribution in [3.05, 3.63) is 269 Å². The molecular weight excluding hydrogens is 735 g/mol. The van der Waals surface area contributed by atoms with Crippen LogP contribution in [0.3, 0.4) is 0 Å². The van der Waals surface area contributed by atoms with Gasteiger partial charge in [0.1, 0.15) is 0 Å². The summed E-state index contributed by atoms with van der Waals surface area (Å²) < 4.78 is 0. The third kappa shape index (κ3) is 7.23. The van der Waals surface area contributed by atoms with Gasteiger partial charge in [-0.3, -0.25) is 0 Å². The Morgan fingerprint density at radius 3 is 0.967 bits per heavy atom. The molecule has 0 saturated carbocycles. The molecule has 3 heteroatoms. The summed E-state index contributed by atoms with van der Waals surface area (Å²) in [6.45, 7) is 0.0558. The molecule has 0 bridgehead atoms. The van der Waals surface area contributed by atoms with E-state index in [0.717, 1.165) is 25.7 Å². The molecule has 0 spiro atoms. The molecule has 11 rings (SSSR count). The number of hydrogen-bond acceptors (Lipinski definition) is 2. The van der Waals surface area contributed by atoms with Gasteiger partial charge in [0.05, 0.1) is 0 Å². The van der Waals surface area contributed by atoms with E-state index in [1.54, 1.807) is 0 Å². The van der Waals surface area contributed by atoms with Gasteiger partial charge in [0, 0.05) is 34.1 Å². The lowest BCUT2D eigenvalue weighted by Crippen LogP contribution is -2.61. The van der Waals surface area contributed by atoms with Crippen molar-refractivity contribution in [3.63, 3.8) is 0 Å². The Bertz CT molecular complexity index is 2780. The molecule has 0 radical (unpaired) electrons. The summed E-state index contributed by atoms with van der Waals surface area (Å²) in [4.78, 5) is 5.10. The number of fused-ring (bicyclic) bond motifs is 4. The number of benzene rings is 9. The van der Waals surface area contributed by atoms with Crippen LogP contribution in [0.1, 0.15) is 44.5 Å². The highest BCUT2D eigenvalue weighted by atomic mass is 15.2. The first kappa shape index (κ1) is 36.7. The maximum atomic E-state index is 2.55. The van der Waals surface area contributed by atoms with Gasteiger partial charge in [0.15, 0.2) is 0 Å². The molecule has 2 aliphatic rings. The predicted octanol–water partition coefficient (Wildman–Crippen LogP) is 12.1. The van der Waals surface area contributed by atoms with Crippen LogP contribution in [0.25, 0.3) is 0 Å². The van der Waals surface area contributed by atoms with Gasteiger partial charge in [0.25, 0.3) is 6.71 Å². The molecule has 0 amide bonds. The number of anilines is 6. The van der Waals surface area contributed by atoms with Crippen molar-refractivity contribution in [2.75, 3.05) is 9.80 Å². The highest BCUT2D eigenvalue weighted by molar-refractivity contribution is 7.00. The second-order valence-corrected chi connectivity index (χ2v) is 16.6. The Kier molecular flexibility index (Phi) is 9.63. The molecule has 0 aromatic heterocycles. The first-order chi connectivity index (χ1) is 30.2. The first-order valence-electron chi connectivity index (χ1n) is 21.5. The normalized spacial score (nSPS) is 12.4. The van der Waals surface area contributed by atoms with Crippen LogP contribution in [0.2, 0.25) is 0 Å². The minimum Gasteiger partial charge on any atom is -0.311 e. The summed E-state index contributed by atoms with van der Waals surface area (Å²) in [5.74, 6) is 0. The molecule has 0 aliphatic carbocycles. The van der Waals surface area contributed by atoms with Crippen molar-refractivity contribution in [3.8, 4) is 0 Å². The van der Waals surface area contributed by atoms with Gasteiger partial charge in [-0.05, 0) is 135 Å². The van der Waals surface area contributed by atoms with E-state index in [1.807, 2.05) is 0 Å². The Morgan fingerprint density at radius 2 is 0.590 bits per heavy atom. The molecular formula is C58H45BN2. The second kappa shape index (κ2) is 16.0. The molecule has 290 valence electrons. The van der Waals surface area contributed by atoms with Crippen LogP contribution in [0.4, 0.5) is 34.1 Å². The van der Waals surface area contributed by atoms with Crippen molar-refractivity contribution >= 4 is 57.2 Å². The molecule has 2 aliphatic heterocycles. The zero-order valence-corrected chi connectivity index (χ0v) is 34.2. The van der Waals surface area contributed by atoms with E-state index in [1.165, 1.54) is 95.0 Å². The van der Waals surface area contributed by atoms with E-state index in [2.05, 4.69) is 234 Å². The quantitative estimate of drug-likeness (QED) is 0.128. The minimum absolute atomic E-state index is 0.0558.